The van der Waals surface area contributed by atoms with Crippen LogP contribution in [0.15, 0.2) is 36.4 Å². The zero-order chi connectivity index (χ0) is 19.1. The van der Waals surface area contributed by atoms with Gasteiger partial charge in [0.15, 0.2) is 0 Å². The van der Waals surface area contributed by atoms with E-state index in [4.69, 9.17) is 4.74 Å². The number of carbonyl (C=O) groups is 2. The summed E-state index contributed by atoms with van der Waals surface area (Å²) in [6, 6.07) is 12.3. The number of ether oxygens (including phenoxy) is 1. The molecule has 1 heterocycles. The lowest BCUT2D eigenvalue weighted by molar-refractivity contribution is -0.143. The van der Waals surface area contributed by atoms with Crippen LogP contribution < -0.4 is 5.32 Å². The molecule has 2 rings (SSSR count). The second kappa shape index (κ2) is 9.22. The van der Waals surface area contributed by atoms with Gasteiger partial charge >= 0.3 is 5.97 Å². The predicted molar refractivity (Wildman–Crippen MR) is 102 cm³/mol. The average Bonchev–Trinajstić information content (AvgIpc) is 2.93. The van der Waals surface area contributed by atoms with Crippen LogP contribution in [0.5, 0.6) is 0 Å². The average molecular weight is 356 g/mol. The van der Waals surface area contributed by atoms with E-state index >= 15 is 0 Å². The molecule has 2 aromatic rings. The molecule has 0 saturated carbocycles. The summed E-state index contributed by atoms with van der Waals surface area (Å²) in [5.74, 6) is -0.329. The van der Waals surface area contributed by atoms with Gasteiger partial charge in [-0.15, -0.1) is 0 Å². The molecule has 5 heteroatoms. The number of hydrogen-bond acceptors (Lipinski definition) is 3. The number of nitrogens with one attached hydrogen (secondary N) is 1. The first kappa shape index (κ1) is 19.8. The summed E-state index contributed by atoms with van der Waals surface area (Å²) in [7, 11) is 0. The van der Waals surface area contributed by atoms with Crippen LogP contribution in [0.2, 0.25) is 0 Å². The maximum absolute atomic E-state index is 12.5. The Bertz CT molecular complexity index is 750. The monoisotopic (exact) mass is 356 g/mol. The van der Waals surface area contributed by atoms with E-state index in [-0.39, 0.29) is 17.9 Å². The highest BCUT2D eigenvalue weighted by atomic mass is 16.5. The predicted octanol–water partition coefficient (Wildman–Crippen LogP) is 3.79. The topological polar surface area (TPSA) is 60.3 Å². The van der Waals surface area contributed by atoms with Crippen molar-refractivity contribution in [3.8, 4) is 0 Å². The maximum atomic E-state index is 12.5. The van der Waals surface area contributed by atoms with E-state index in [2.05, 4.69) is 28.9 Å². The minimum absolute atomic E-state index is 0.103. The van der Waals surface area contributed by atoms with Crippen molar-refractivity contribution in [3.05, 3.63) is 58.9 Å². The van der Waals surface area contributed by atoms with Crippen molar-refractivity contribution in [2.45, 2.75) is 46.6 Å². The van der Waals surface area contributed by atoms with Crippen molar-refractivity contribution in [2.75, 3.05) is 13.2 Å². The number of aryl methyl sites for hydroxylation is 1. The smallest absolute Gasteiger partial charge is 0.305 e. The third-order valence-electron chi connectivity index (χ3n) is 4.55. The van der Waals surface area contributed by atoms with Crippen molar-refractivity contribution >= 4 is 11.9 Å². The Morgan fingerprint density at radius 2 is 1.88 bits per heavy atom. The summed E-state index contributed by atoms with van der Waals surface area (Å²) < 4.78 is 7.07. The van der Waals surface area contributed by atoms with Crippen LogP contribution in [0, 0.1) is 13.8 Å². The summed E-state index contributed by atoms with van der Waals surface area (Å²) in [5.41, 5.74) is 3.88. The molecule has 0 bridgehead atoms. The molecule has 0 aliphatic heterocycles. The third-order valence-corrected chi connectivity index (χ3v) is 4.55. The highest BCUT2D eigenvalue weighted by Gasteiger charge is 2.19. The molecule has 0 fully saturated rings. The second-order valence-corrected chi connectivity index (χ2v) is 6.41. The van der Waals surface area contributed by atoms with Crippen LogP contribution in [-0.4, -0.2) is 29.6 Å². The number of aromatic nitrogens is 1. The number of nitrogens with zero attached hydrogens (tertiary/aromatic N) is 1. The number of benzene rings is 1. The van der Waals surface area contributed by atoms with E-state index in [0.717, 1.165) is 11.4 Å². The molecule has 1 amide bonds. The highest BCUT2D eigenvalue weighted by Crippen LogP contribution is 2.25. The van der Waals surface area contributed by atoms with Crippen molar-refractivity contribution in [1.29, 1.82) is 0 Å². The van der Waals surface area contributed by atoms with Gasteiger partial charge in [-0.3, -0.25) is 9.59 Å². The molecular formula is C21H28N2O3. The van der Waals surface area contributed by atoms with Crippen LogP contribution in [-0.2, 0) is 9.53 Å². The van der Waals surface area contributed by atoms with Gasteiger partial charge < -0.3 is 14.6 Å². The maximum Gasteiger partial charge on any atom is 0.305 e. The largest absolute Gasteiger partial charge is 0.466 e. The lowest BCUT2D eigenvalue weighted by atomic mass is 10.1. The van der Waals surface area contributed by atoms with E-state index < -0.39 is 0 Å². The molecule has 0 aliphatic carbocycles. The Hall–Kier alpha value is -2.56. The molecule has 1 atom stereocenters. The number of esters is 1. The third kappa shape index (κ3) is 4.75. The Kier molecular flexibility index (Phi) is 7.01. The van der Waals surface area contributed by atoms with Gasteiger partial charge in [0.05, 0.1) is 18.2 Å². The lowest BCUT2D eigenvalue weighted by Crippen LogP contribution is -2.25. The van der Waals surface area contributed by atoms with Gasteiger partial charge in [0.25, 0.3) is 5.91 Å². The first-order chi connectivity index (χ1) is 12.5. The van der Waals surface area contributed by atoms with E-state index in [1.54, 1.807) is 6.92 Å². The number of carbonyl (C=O) groups excluding carboxylic acids is 2. The minimum Gasteiger partial charge on any atom is -0.466 e. The standard InChI is InChI=1S/C21H28N2O3/c1-5-26-20(24)12-9-13-22-21(25)19-14-15(2)23(17(19)4)16(3)18-10-7-6-8-11-18/h6-8,10-11,14,16H,5,9,12-13H2,1-4H3,(H,22,25). The Balaban J connectivity index is 2.02. The molecule has 140 valence electrons. The van der Waals surface area contributed by atoms with Crippen LogP contribution >= 0.6 is 0 Å². The second-order valence-electron chi connectivity index (χ2n) is 6.41. The van der Waals surface area contributed by atoms with Crippen LogP contribution in [0.25, 0.3) is 0 Å². The quantitative estimate of drug-likeness (QED) is 0.578. The van der Waals surface area contributed by atoms with Gasteiger partial charge in [-0.1, -0.05) is 30.3 Å². The zero-order valence-corrected chi connectivity index (χ0v) is 16.0. The number of hydrogen-bond donors (Lipinski definition) is 1. The van der Waals surface area contributed by atoms with Crippen molar-refractivity contribution in [1.82, 2.24) is 9.88 Å². The molecule has 1 aromatic heterocycles. The molecule has 0 saturated heterocycles. The number of amides is 1. The fraction of sp³-hybridized carbons (Fsp3) is 0.429. The summed E-state index contributed by atoms with van der Waals surface area (Å²) in [5, 5.41) is 2.90. The molecule has 5 nitrogen and oxygen atoms in total. The summed E-state index contributed by atoms with van der Waals surface area (Å²) in [4.78, 5) is 23.9. The van der Waals surface area contributed by atoms with Crippen molar-refractivity contribution < 1.29 is 14.3 Å². The number of rotatable bonds is 8. The Labute approximate surface area is 155 Å². The molecular weight excluding hydrogens is 328 g/mol. The van der Waals surface area contributed by atoms with Crippen LogP contribution in [0.3, 0.4) is 0 Å². The summed E-state index contributed by atoms with van der Waals surface area (Å²) in [6.45, 7) is 8.75. The van der Waals surface area contributed by atoms with E-state index in [1.165, 1.54) is 5.56 Å². The molecule has 0 radical (unpaired) electrons. The Morgan fingerprint density at radius 1 is 1.19 bits per heavy atom. The SMILES string of the molecule is CCOC(=O)CCCNC(=O)c1cc(C)n(C(C)c2ccccc2)c1C. The van der Waals surface area contributed by atoms with Crippen molar-refractivity contribution in [3.63, 3.8) is 0 Å². The van der Waals surface area contributed by atoms with Gasteiger partial charge in [-0.05, 0) is 45.7 Å². The summed E-state index contributed by atoms with van der Waals surface area (Å²) in [6.07, 6.45) is 0.891. The van der Waals surface area contributed by atoms with E-state index in [0.29, 0.717) is 31.6 Å². The van der Waals surface area contributed by atoms with Gasteiger partial charge in [-0.25, -0.2) is 0 Å². The molecule has 1 aromatic carbocycles. The molecule has 1 unspecified atom stereocenters. The van der Waals surface area contributed by atoms with Gasteiger partial charge in [0.2, 0.25) is 0 Å². The molecule has 1 N–H and O–H groups in total. The molecule has 0 aliphatic rings. The normalized spacial score (nSPS) is 11.8. The molecule has 26 heavy (non-hydrogen) atoms. The van der Waals surface area contributed by atoms with Gasteiger partial charge in [0.1, 0.15) is 0 Å². The minimum atomic E-state index is -0.225. The van der Waals surface area contributed by atoms with Crippen LogP contribution in [0.4, 0.5) is 0 Å². The van der Waals surface area contributed by atoms with Gasteiger partial charge in [-0.2, -0.15) is 0 Å². The summed E-state index contributed by atoms with van der Waals surface area (Å²) >= 11 is 0. The zero-order valence-electron chi connectivity index (χ0n) is 16.0. The first-order valence-corrected chi connectivity index (χ1v) is 9.12. The van der Waals surface area contributed by atoms with Crippen molar-refractivity contribution in [2.24, 2.45) is 0 Å². The first-order valence-electron chi connectivity index (χ1n) is 9.12. The lowest BCUT2D eigenvalue weighted by Gasteiger charge is -2.19. The fourth-order valence-corrected chi connectivity index (χ4v) is 3.25. The van der Waals surface area contributed by atoms with E-state index in [1.807, 2.05) is 38.1 Å². The highest BCUT2D eigenvalue weighted by molar-refractivity contribution is 5.95. The van der Waals surface area contributed by atoms with Gasteiger partial charge in [0, 0.05) is 24.4 Å². The van der Waals surface area contributed by atoms with E-state index in [9.17, 15) is 9.59 Å². The fourth-order valence-electron chi connectivity index (χ4n) is 3.25. The Morgan fingerprint density at radius 3 is 2.54 bits per heavy atom. The molecule has 0 spiro atoms. The van der Waals surface area contributed by atoms with Crippen LogP contribution in [0.1, 0.15) is 60.0 Å².